The smallest absolute Gasteiger partial charge is 0.254 e. The van der Waals surface area contributed by atoms with Crippen LogP contribution in [0.15, 0.2) is 42.5 Å². The highest BCUT2D eigenvalue weighted by molar-refractivity contribution is 5.96. The summed E-state index contributed by atoms with van der Waals surface area (Å²) in [5.41, 5.74) is 5.13. The molecule has 0 unspecified atom stereocenters. The highest BCUT2D eigenvalue weighted by Gasteiger charge is 2.18. The number of nitrogens with one attached hydrogen (secondary N) is 1. The van der Waals surface area contributed by atoms with Gasteiger partial charge in [-0.15, -0.1) is 0 Å². The summed E-state index contributed by atoms with van der Waals surface area (Å²) in [7, 11) is 0. The Kier molecular flexibility index (Phi) is 7.14. The third-order valence-corrected chi connectivity index (χ3v) is 3.82. The number of halogens is 3. The fraction of sp³-hybridized carbons (Fsp3) is 0.211. The van der Waals surface area contributed by atoms with Crippen molar-refractivity contribution in [1.82, 2.24) is 5.32 Å². The first-order chi connectivity index (χ1) is 13.3. The van der Waals surface area contributed by atoms with Gasteiger partial charge in [0, 0.05) is 37.7 Å². The Hall–Kier alpha value is -3.36. The summed E-state index contributed by atoms with van der Waals surface area (Å²) in [6.45, 7) is -0.136. The zero-order valence-corrected chi connectivity index (χ0v) is 14.8. The van der Waals surface area contributed by atoms with Gasteiger partial charge in [-0.2, -0.15) is 0 Å². The lowest BCUT2D eigenvalue weighted by atomic mass is 10.2. The monoisotopic (exact) mass is 393 g/mol. The zero-order chi connectivity index (χ0) is 20.7. The van der Waals surface area contributed by atoms with E-state index in [1.807, 2.05) is 0 Å². The average Bonchev–Trinajstić information content (AvgIpc) is 2.63. The van der Waals surface area contributed by atoms with Gasteiger partial charge in [-0.25, -0.2) is 13.2 Å². The molecule has 3 amide bonds. The number of carbonyl (C=O) groups is 3. The highest BCUT2D eigenvalue weighted by atomic mass is 19.1. The zero-order valence-electron chi connectivity index (χ0n) is 14.8. The van der Waals surface area contributed by atoms with Gasteiger partial charge in [-0.05, 0) is 36.4 Å². The van der Waals surface area contributed by atoms with Gasteiger partial charge in [0.2, 0.25) is 11.8 Å². The van der Waals surface area contributed by atoms with E-state index in [1.165, 1.54) is 29.2 Å². The molecule has 0 fully saturated rings. The van der Waals surface area contributed by atoms with E-state index < -0.39 is 35.2 Å². The van der Waals surface area contributed by atoms with Crippen LogP contribution >= 0.6 is 0 Å². The predicted octanol–water partition coefficient (Wildman–Crippen LogP) is 2.13. The van der Waals surface area contributed by atoms with E-state index in [2.05, 4.69) is 5.32 Å². The maximum absolute atomic E-state index is 13.6. The molecule has 28 heavy (non-hydrogen) atoms. The van der Waals surface area contributed by atoms with Crippen LogP contribution in [0.2, 0.25) is 0 Å². The Morgan fingerprint density at radius 1 is 0.929 bits per heavy atom. The standard InChI is InChI=1S/C19H18F3N3O3/c20-12-1-4-14(5-2-12)25(10-8-17(23)26)18(27)7-9-24-19(28)15-6-3-13(21)11-16(15)22/h1-6,11H,7-10H2,(H2,23,26)(H,24,28). The van der Waals surface area contributed by atoms with Gasteiger partial charge in [-0.1, -0.05) is 0 Å². The Morgan fingerprint density at radius 3 is 2.18 bits per heavy atom. The van der Waals surface area contributed by atoms with Crippen molar-refractivity contribution < 1.29 is 27.6 Å². The minimum absolute atomic E-state index is 0.0136. The van der Waals surface area contributed by atoms with Crippen LogP contribution in [0.4, 0.5) is 18.9 Å². The second-order valence-electron chi connectivity index (χ2n) is 5.87. The summed E-state index contributed by atoms with van der Waals surface area (Å²) in [4.78, 5) is 36.7. The molecule has 9 heteroatoms. The molecule has 0 aliphatic rings. The fourth-order valence-corrected chi connectivity index (χ4v) is 2.43. The quantitative estimate of drug-likeness (QED) is 0.720. The molecule has 0 saturated carbocycles. The average molecular weight is 393 g/mol. The third-order valence-electron chi connectivity index (χ3n) is 3.82. The molecule has 0 bridgehead atoms. The molecule has 3 N–H and O–H groups in total. The normalized spacial score (nSPS) is 10.4. The maximum atomic E-state index is 13.6. The van der Waals surface area contributed by atoms with Crippen molar-refractivity contribution in [2.45, 2.75) is 12.8 Å². The number of carbonyl (C=O) groups excluding carboxylic acids is 3. The summed E-state index contributed by atoms with van der Waals surface area (Å²) in [6.07, 6.45) is -0.263. The van der Waals surface area contributed by atoms with E-state index in [0.29, 0.717) is 11.8 Å². The van der Waals surface area contributed by atoms with Gasteiger partial charge in [0.25, 0.3) is 5.91 Å². The summed E-state index contributed by atoms with van der Waals surface area (Å²) < 4.78 is 39.6. The Bertz CT molecular complexity index is 872. The molecule has 2 aromatic rings. The van der Waals surface area contributed by atoms with Gasteiger partial charge in [0.15, 0.2) is 0 Å². The van der Waals surface area contributed by atoms with Crippen LogP contribution in [-0.4, -0.2) is 30.8 Å². The molecule has 2 rings (SSSR count). The van der Waals surface area contributed by atoms with Gasteiger partial charge < -0.3 is 16.0 Å². The molecule has 0 radical (unpaired) electrons. The highest BCUT2D eigenvalue weighted by Crippen LogP contribution is 2.16. The Morgan fingerprint density at radius 2 is 1.57 bits per heavy atom. The molecule has 2 aromatic carbocycles. The molecule has 0 atom stereocenters. The van der Waals surface area contributed by atoms with Crippen LogP contribution in [0, 0.1) is 17.5 Å². The second kappa shape index (κ2) is 9.54. The van der Waals surface area contributed by atoms with E-state index >= 15 is 0 Å². The summed E-state index contributed by atoms with van der Waals surface area (Å²) in [5.74, 6) is -4.17. The lowest BCUT2D eigenvalue weighted by Crippen LogP contribution is -2.36. The number of rotatable bonds is 8. The molecule has 0 aliphatic heterocycles. The van der Waals surface area contributed by atoms with Crippen LogP contribution in [0.25, 0.3) is 0 Å². The molecule has 0 heterocycles. The van der Waals surface area contributed by atoms with E-state index in [4.69, 9.17) is 5.73 Å². The summed E-state index contributed by atoms with van der Waals surface area (Å²) >= 11 is 0. The van der Waals surface area contributed by atoms with Crippen molar-refractivity contribution >= 4 is 23.4 Å². The molecule has 0 spiro atoms. The third kappa shape index (κ3) is 5.83. The number of nitrogens with zero attached hydrogens (tertiary/aromatic N) is 1. The number of anilines is 1. The van der Waals surface area contributed by atoms with Gasteiger partial charge >= 0.3 is 0 Å². The molecule has 148 valence electrons. The van der Waals surface area contributed by atoms with Crippen LogP contribution < -0.4 is 16.0 Å². The minimum Gasteiger partial charge on any atom is -0.370 e. The number of hydrogen-bond donors (Lipinski definition) is 2. The molecule has 6 nitrogen and oxygen atoms in total. The SMILES string of the molecule is NC(=O)CCN(C(=O)CCNC(=O)c1ccc(F)cc1F)c1ccc(F)cc1. The number of primary amides is 1. The number of nitrogens with two attached hydrogens (primary N) is 1. The molecule has 0 aromatic heterocycles. The van der Waals surface area contributed by atoms with E-state index in [-0.39, 0.29) is 31.5 Å². The van der Waals surface area contributed by atoms with Crippen molar-refractivity contribution in [2.24, 2.45) is 5.73 Å². The first kappa shape index (κ1) is 20.9. The van der Waals surface area contributed by atoms with Crippen LogP contribution in [0.5, 0.6) is 0 Å². The van der Waals surface area contributed by atoms with E-state index in [9.17, 15) is 27.6 Å². The van der Waals surface area contributed by atoms with Gasteiger partial charge in [0.05, 0.1) is 5.56 Å². The Balaban J connectivity index is 1.99. The van der Waals surface area contributed by atoms with Crippen LogP contribution in [0.1, 0.15) is 23.2 Å². The lowest BCUT2D eigenvalue weighted by molar-refractivity contribution is -0.119. The molecule has 0 aliphatic carbocycles. The van der Waals surface area contributed by atoms with E-state index in [1.54, 1.807) is 0 Å². The van der Waals surface area contributed by atoms with Crippen molar-refractivity contribution in [1.29, 1.82) is 0 Å². The van der Waals surface area contributed by atoms with Crippen molar-refractivity contribution in [3.05, 3.63) is 65.5 Å². The van der Waals surface area contributed by atoms with E-state index in [0.717, 1.165) is 12.1 Å². The molecule has 0 saturated heterocycles. The predicted molar refractivity (Wildman–Crippen MR) is 95.9 cm³/mol. The fourth-order valence-electron chi connectivity index (χ4n) is 2.43. The van der Waals surface area contributed by atoms with Crippen molar-refractivity contribution in [3.8, 4) is 0 Å². The summed E-state index contributed by atoms with van der Waals surface area (Å²) in [5, 5.41) is 2.37. The maximum Gasteiger partial charge on any atom is 0.254 e. The molecular weight excluding hydrogens is 375 g/mol. The van der Waals surface area contributed by atoms with Gasteiger partial charge in [0.1, 0.15) is 17.5 Å². The topological polar surface area (TPSA) is 92.5 Å². The molecular formula is C19H18F3N3O3. The Labute approximate surface area is 159 Å². The largest absolute Gasteiger partial charge is 0.370 e. The number of benzene rings is 2. The number of amides is 3. The summed E-state index contributed by atoms with van der Waals surface area (Å²) in [6, 6.07) is 7.61. The van der Waals surface area contributed by atoms with Gasteiger partial charge in [-0.3, -0.25) is 14.4 Å². The first-order valence-corrected chi connectivity index (χ1v) is 8.35. The van der Waals surface area contributed by atoms with Crippen molar-refractivity contribution in [2.75, 3.05) is 18.0 Å². The second-order valence-corrected chi connectivity index (χ2v) is 5.87. The van der Waals surface area contributed by atoms with Crippen molar-refractivity contribution in [3.63, 3.8) is 0 Å². The number of hydrogen-bond acceptors (Lipinski definition) is 3. The lowest BCUT2D eigenvalue weighted by Gasteiger charge is -2.22. The van der Waals surface area contributed by atoms with Crippen LogP contribution in [0.3, 0.4) is 0 Å². The minimum atomic E-state index is -1.02. The first-order valence-electron chi connectivity index (χ1n) is 8.35. The van der Waals surface area contributed by atoms with Crippen LogP contribution in [-0.2, 0) is 9.59 Å².